The van der Waals surface area contributed by atoms with Crippen LogP contribution >= 0.6 is 11.3 Å². The maximum atomic E-state index is 13.5. The molecule has 2 amide bonds. The number of hydrogen-bond acceptors (Lipinski definition) is 13. The van der Waals surface area contributed by atoms with Crippen LogP contribution in [-0.4, -0.2) is 79.1 Å². The fraction of sp³-hybridized carbons (Fsp3) is 0.205. The molecule has 5 heterocycles. The van der Waals surface area contributed by atoms with Gasteiger partial charge in [0, 0.05) is 63.6 Å². The third-order valence-electron chi connectivity index (χ3n) is 9.30. The van der Waals surface area contributed by atoms with Crippen LogP contribution in [0.2, 0.25) is 0 Å². The molecule has 274 valence electrons. The quantitative estimate of drug-likeness (QED) is 0.0972. The molecule has 2 aliphatic rings. The van der Waals surface area contributed by atoms with Crippen molar-refractivity contribution >= 4 is 62.4 Å². The maximum Gasteiger partial charge on any atom is 0.284 e. The lowest BCUT2D eigenvalue weighted by molar-refractivity contribution is 0.101. The molecule has 7 N–H and O–H groups in total. The Balaban J connectivity index is 0.968. The van der Waals surface area contributed by atoms with E-state index in [4.69, 9.17) is 10.2 Å². The number of piperazine rings is 2. The molecule has 2 aliphatic heterocycles. The van der Waals surface area contributed by atoms with Crippen LogP contribution < -0.4 is 42.1 Å². The summed E-state index contributed by atoms with van der Waals surface area (Å²) in [6.07, 6.45) is 6.51. The van der Waals surface area contributed by atoms with Gasteiger partial charge in [0.15, 0.2) is 5.01 Å². The number of thiazole rings is 1. The molecular weight excluding hydrogens is 703 g/mol. The fourth-order valence-electron chi connectivity index (χ4n) is 6.36. The lowest BCUT2D eigenvalue weighted by atomic mass is 10.0. The average Bonchev–Trinajstić information content (AvgIpc) is 3.95. The SMILES string of the molecule is Nc1ccc(-c2ccc(Nc3ccc(-c4ccco4)cc3NC(=O)c3ncc(N4CCNCC4)s3)cc2)cc1NC(=O)c1cnc(N2CCNCC2)cn1. The van der Waals surface area contributed by atoms with Crippen LogP contribution in [0, 0.1) is 0 Å². The largest absolute Gasteiger partial charge is 0.464 e. The van der Waals surface area contributed by atoms with Crippen molar-refractivity contribution in [1.29, 1.82) is 0 Å². The number of hydrogen-bond donors (Lipinski definition) is 6. The van der Waals surface area contributed by atoms with Gasteiger partial charge in [-0.05, 0) is 65.7 Å². The van der Waals surface area contributed by atoms with Crippen LogP contribution in [0.15, 0.2) is 102 Å². The number of rotatable bonds is 10. The minimum absolute atomic E-state index is 0.202. The number of aromatic nitrogens is 3. The monoisotopic (exact) mass is 741 g/mol. The highest BCUT2D eigenvalue weighted by Crippen LogP contribution is 2.34. The first kappa shape index (κ1) is 34.8. The second kappa shape index (κ2) is 15.8. The van der Waals surface area contributed by atoms with Gasteiger partial charge in [-0.15, -0.1) is 0 Å². The van der Waals surface area contributed by atoms with E-state index < -0.39 is 5.91 Å². The first-order valence-corrected chi connectivity index (χ1v) is 18.6. The van der Waals surface area contributed by atoms with Crippen molar-refractivity contribution in [2.45, 2.75) is 0 Å². The third kappa shape index (κ3) is 7.88. The van der Waals surface area contributed by atoms with Gasteiger partial charge in [-0.3, -0.25) is 9.59 Å². The predicted octanol–water partition coefficient (Wildman–Crippen LogP) is 5.51. The maximum absolute atomic E-state index is 13.5. The van der Waals surface area contributed by atoms with E-state index in [1.54, 1.807) is 24.7 Å². The Kier molecular flexibility index (Phi) is 10.1. The van der Waals surface area contributed by atoms with Gasteiger partial charge >= 0.3 is 0 Å². The molecule has 0 aliphatic carbocycles. The summed E-state index contributed by atoms with van der Waals surface area (Å²) in [6, 6.07) is 22.8. The molecule has 0 radical (unpaired) electrons. The molecule has 0 bridgehead atoms. The summed E-state index contributed by atoms with van der Waals surface area (Å²) < 4.78 is 5.64. The van der Waals surface area contributed by atoms with E-state index in [1.165, 1.54) is 17.5 Å². The fourth-order valence-corrected chi connectivity index (χ4v) is 7.22. The van der Waals surface area contributed by atoms with E-state index >= 15 is 0 Å². The summed E-state index contributed by atoms with van der Waals surface area (Å²) in [4.78, 5) is 44.2. The van der Waals surface area contributed by atoms with Crippen LogP contribution in [-0.2, 0) is 0 Å². The molecule has 14 nitrogen and oxygen atoms in total. The van der Waals surface area contributed by atoms with Gasteiger partial charge in [-0.1, -0.05) is 29.5 Å². The number of carbonyl (C=O) groups is 2. The highest BCUT2D eigenvalue weighted by Gasteiger charge is 2.20. The molecule has 0 spiro atoms. The molecular formula is C39H39N11O3S. The number of nitrogens with one attached hydrogen (secondary N) is 5. The number of anilines is 7. The molecule has 54 heavy (non-hydrogen) atoms. The zero-order valence-electron chi connectivity index (χ0n) is 29.3. The van der Waals surface area contributed by atoms with Crippen molar-refractivity contribution in [1.82, 2.24) is 25.6 Å². The Hall–Kier alpha value is -6.29. The van der Waals surface area contributed by atoms with Crippen molar-refractivity contribution < 1.29 is 14.0 Å². The Bertz CT molecular complexity index is 2230. The Morgan fingerprint density at radius 3 is 2.13 bits per heavy atom. The summed E-state index contributed by atoms with van der Waals surface area (Å²) in [5, 5.41) is 17.4. The van der Waals surface area contributed by atoms with Crippen molar-refractivity contribution in [3.8, 4) is 22.5 Å². The normalized spacial score (nSPS) is 14.4. The minimum atomic E-state index is -0.395. The van der Waals surface area contributed by atoms with Gasteiger partial charge < -0.3 is 46.5 Å². The number of nitrogens with two attached hydrogens (primary N) is 1. The number of carbonyl (C=O) groups excluding carboxylic acids is 2. The smallest absolute Gasteiger partial charge is 0.284 e. The highest BCUT2D eigenvalue weighted by atomic mass is 32.1. The number of nitrogen functional groups attached to an aromatic ring is 1. The molecule has 6 aromatic rings. The topological polar surface area (TPSA) is 179 Å². The van der Waals surface area contributed by atoms with E-state index in [2.05, 4.69) is 51.3 Å². The highest BCUT2D eigenvalue weighted by molar-refractivity contribution is 7.17. The van der Waals surface area contributed by atoms with Crippen molar-refractivity contribution in [3.05, 3.63) is 108 Å². The molecule has 2 saturated heterocycles. The van der Waals surface area contributed by atoms with Gasteiger partial charge in [-0.2, -0.15) is 0 Å². The predicted molar refractivity (Wildman–Crippen MR) is 214 cm³/mol. The molecule has 3 aromatic carbocycles. The summed E-state index contributed by atoms with van der Waals surface area (Å²) in [6.45, 7) is 6.99. The molecule has 0 unspecified atom stereocenters. The molecule has 0 saturated carbocycles. The van der Waals surface area contributed by atoms with Crippen molar-refractivity contribution in [3.63, 3.8) is 0 Å². The number of benzene rings is 3. The van der Waals surface area contributed by atoms with Crippen molar-refractivity contribution in [2.75, 3.05) is 83.8 Å². The van der Waals surface area contributed by atoms with Crippen LogP contribution in [0.5, 0.6) is 0 Å². The second-order valence-electron chi connectivity index (χ2n) is 12.9. The third-order valence-corrected chi connectivity index (χ3v) is 10.4. The van der Waals surface area contributed by atoms with Crippen LogP contribution in [0.1, 0.15) is 20.3 Å². The summed E-state index contributed by atoms with van der Waals surface area (Å²) in [5.41, 5.74) is 12.1. The van der Waals surface area contributed by atoms with Crippen LogP contribution in [0.3, 0.4) is 0 Å². The first-order chi connectivity index (χ1) is 26.5. The average molecular weight is 742 g/mol. The van der Waals surface area contributed by atoms with E-state index in [0.717, 1.165) is 85.6 Å². The second-order valence-corrected chi connectivity index (χ2v) is 13.9. The summed E-state index contributed by atoms with van der Waals surface area (Å²) in [5.74, 6) is 0.748. The van der Waals surface area contributed by atoms with Crippen molar-refractivity contribution in [2.24, 2.45) is 0 Å². The van der Waals surface area contributed by atoms with E-state index in [0.29, 0.717) is 33.5 Å². The standard InChI is InChI=1S/C39H39N11O3S/c40-29-9-5-26(20-31(29)47-37(51)33-22-44-35(23-43-33)49-15-11-41-12-16-49)25-3-7-28(8-4-25)46-30-10-6-27(34-2-1-19-53-34)21-32(30)48-38(52)39-45-24-36(54-39)50-17-13-42-14-18-50/h1-10,19-24,41-42,46H,11-18,40H2,(H,47,51)(H,48,52). The molecule has 2 fully saturated rings. The summed E-state index contributed by atoms with van der Waals surface area (Å²) in [7, 11) is 0. The van der Waals surface area contributed by atoms with Gasteiger partial charge in [0.1, 0.15) is 22.3 Å². The molecule has 3 aromatic heterocycles. The van der Waals surface area contributed by atoms with Gasteiger partial charge in [0.25, 0.3) is 11.8 Å². The number of furan rings is 1. The van der Waals surface area contributed by atoms with Crippen LogP contribution in [0.25, 0.3) is 22.5 Å². The zero-order valence-corrected chi connectivity index (χ0v) is 30.2. The number of amides is 2. The lowest BCUT2D eigenvalue weighted by Gasteiger charge is -2.27. The molecule has 15 heteroatoms. The van der Waals surface area contributed by atoms with E-state index in [9.17, 15) is 9.59 Å². The Morgan fingerprint density at radius 2 is 1.41 bits per heavy atom. The zero-order chi connectivity index (χ0) is 36.9. The van der Waals surface area contributed by atoms with E-state index in [-0.39, 0.29) is 11.6 Å². The van der Waals surface area contributed by atoms with Gasteiger partial charge in [-0.25, -0.2) is 15.0 Å². The Morgan fingerprint density at radius 1 is 0.704 bits per heavy atom. The summed E-state index contributed by atoms with van der Waals surface area (Å²) >= 11 is 1.38. The number of nitrogens with zero attached hydrogens (tertiary/aromatic N) is 5. The Labute approximate surface area is 315 Å². The van der Waals surface area contributed by atoms with Gasteiger partial charge in [0.05, 0.1) is 47.6 Å². The molecule has 8 rings (SSSR count). The lowest BCUT2D eigenvalue weighted by Crippen LogP contribution is -2.44. The first-order valence-electron chi connectivity index (χ1n) is 17.7. The van der Waals surface area contributed by atoms with Crippen LogP contribution in [0.4, 0.5) is 39.3 Å². The van der Waals surface area contributed by atoms with Gasteiger partial charge in [0.2, 0.25) is 0 Å². The molecule has 0 atom stereocenters. The van der Waals surface area contributed by atoms with E-state index in [1.807, 2.05) is 66.7 Å². The minimum Gasteiger partial charge on any atom is -0.464 e.